The molecule has 3 rings (SSSR count). The first-order valence-corrected chi connectivity index (χ1v) is 5.93. The highest BCUT2D eigenvalue weighted by Crippen LogP contribution is 2.32. The zero-order chi connectivity index (χ0) is 11.7. The molecule has 1 aliphatic rings. The van der Waals surface area contributed by atoms with Gasteiger partial charge in [0.1, 0.15) is 0 Å². The van der Waals surface area contributed by atoms with Gasteiger partial charge in [0.2, 0.25) is 0 Å². The smallest absolute Gasteiger partial charge is 0.172 e. The minimum Gasteiger partial charge on any atom is -0.360 e. The molecule has 5 nitrogen and oxygen atoms in total. The van der Waals surface area contributed by atoms with E-state index in [0.29, 0.717) is 5.92 Å². The van der Waals surface area contributed by atoms with Crippen LogP contribution in [-0.2, 0) is 0 Å². The van der Waals surface area contributed by atoms with Gasteiger partial charge in [-0.2, -0.15) is 0 Å². The van der Waals surface area contributed by atoms with Crippen LogP contribution in [0.5, 0.6) is 0 Å². The van der Waals surface area contributed by atoms with E-state index in [0.717, 1.165) is 42.3 Å². The van der Waals surface area contributed by atoms with Crippen molar-refractivity contribution in [3.05, 3.63) is 23.7 Å². The standard InChI is InChI=1S/C12H15N3O2/c1-8-5-11(16-15-8)10-7-14-17-12(10)9-3-2-4-13-6-9/h5,7,9,13H,2-4,6H2,1H3. The van der Waals surface area contributed by atoms with E-state index in [1.54, 1.807) is 6.20 Å². The number of piperidine rings is 1. The van der Waals surface area contributed by atoms with Crippen molar-refractivity contribution in [2.75, 3.05) is 13.1 Å². The first-order chi connectivity index (χ1) is 8.34. The van der Waals surface area contributed by atoms with Crippen molar-refractivity contribution in [2.24, 2.45) is 0 Å². The average Bonchev–Trinajstić information content (AvgIpc) is 2.98. The minimum atomic E-state index is 0.381. The fourth-order valence-corrected chi connectivity index (χ4v) is 2.29. The number of nitrogens with zero attached hydrogens (tertiary/aromatic N) is 2. The quantitative estimate of drug-likeness (QED) is 0.860. The highest BCUT2D eigenvalue weighted by molar-refractivity contribution is 5.59. The second kappa shape index (κ2) is 4.33. The Morgan fingerprint density at radius 1 is 1.41 bits per heavy atom. The van der Waals surface area contributed by atoms with Gasteiger partial charge in [0.25, 0.3) is 0 Å². The van der Waals surface area contributed by atoms with Crippen LogP contribution >= 0.6 is 0 Å². The van der Waals surface area contributed by atoms with Crippen LogP contribution in [0.15, 0.2) is 21.3 Å². The first-order valence-electron chi connectivity index (χ1n) is 5.93. The molecule has 1 N–H and O–H groups in total. The molecule has 2 aromatic rings. The molecule has 1 unspecified atom stereocenters. The van der Waals surface area contributed by atoms with E-state index < -0.39 is 0 Å². The Balaban J connectivity index is 1.93. The summed E-state index contributed by atoms with van der Waals surface area (Å²) >= 11 is 0. The van der Waals surface area contributed by atoms with E-state index in [-0.39, 0.29) is 0 Å². The maximum Gasteiger partial charge on any atom is 0.172 e. The molecule has 0 saturated carbocycles. The largest absolute Gasteiger partial charge is 0.360 e. The van der Waals surface area contributed by atoms with E-state index in [1.165, 1.54) is 6.42 Å². The molecule has 0 spiro atoms. The maximum absolute atomic E-state index is 5.39. The normalized spacial score (nSPS) is 20.6. The topological polar surface area (TPSA) is 64.1 Å². The van der Waals surface area contributed by atoms with Crippen molar-refractivity contribution in [3.8, 4) is 11.3 Å². The molecular weight excluding hydrogens is 218 g/mol. The first kappa shape index (κ1) is 10.5. The Hall–Kier alpha value is -1.62. The van der Waals surface area contributed by atoms with Crippen molar-refractivity contribution in [2.45, 2.75) is 25.7 Å². The van der Waals surface area contributed by atoms with Gasteiger partial charge in [0.05, 0.1) is 17.5 Å². The summed E-state index contributed by atoms with van der Waals surface area (Å²) in [7, 11) is 0. The van der Waals surface area contributed by atoms with E-state index >= 15 is 0 Å². The summed E-state index contributed by atoms with van der Waals surface area (Å²) in [6.45, 7) is 3.93. The van der Waals surface area contributed by atoms with Crippen molar-refractivity contribution >= 4 is 0 Å². The van der Waals surface area contributed by atoms with Gasteiger partial charge in [-0.25, -0.2) is 0 Å². The van der Waals surface area contributed by atoms with Gasteiger partial charge >= 0.3 is 0 Å². The summed E-state index contributed by atoms with van der Waals surface area (Å²) in [5, 5.41) is 11.2. The highest BCUT2D eigenvalue weighted by atomic mass is 16.5. The van der Waals surface area contributed by atoms with Gasteiger partial charge in [0, 0.05) is 18.5 Å². The molecule has 17 heavy (non-hydrogen) atoms. The van der Waals surface area contributed by atoms with Crippen LogP contribution in [0.25, 0.3) is 11.3 Å². The summed E-state index contributed by atoms with van der Waals surface area (Å²) in [5.41, 5.74) is 1.80. The fraction of sp³-hybridized carbons (Fsp3) is 0.500. The molecule has 0 aliphatic carbocycles. The maximum atomic E-state index is 5.39. The van der Waals surface area contributed by atoms with Gasteiger partial charge < -0.3 is 14.4 Å². The van der Waals surface area contributed by atoms with Crippen LogP contribution in [-0.4, -0.2) is 23.4 Å². The van der Waals surface area contributed by atoms with Crippen molar-refractivity contribution < 1.29 is 9.05 Å². The number of hydrogen-bond donors (Lipinski definition) is 1. The predicted molar refractivity (Wildman–Crippen MR) is 61.6 cm³/mol. The van der Waals surface area contributed by atoms with Crippen LogP contribution in [0.1, 0.15) is 30.2 Å². The minimum absolute atomic E-state index is 0.381. The lowest BCUT2D eigenvalue weighted by atomic mass is 9.94. The van der Waals surface area contributed by atoms with Gasteiger partial charge in [0.15, 0.2) is 11.5 Å². The molecule has 1 atom stereocenters. The van der Waals surface area contributed by atoms with Crippen LogP contribution < -0.4 is 5.32 Å². The molecule has 1 saturated heterocycles. The molecule has 90 valence electrons. The van der Waals surface area contributed by atoms with Crippen molar-refractivity contribution in [3.63, 3.8) is 0 Å². The lowest BCUT2D eigenvalue weighted by Crippen LogP contribution is -2.28. The zero-order valence-electron chi connectivity index (χ0n) is 9.77. The molecular formula is C12H15N3O2. The molecule has 0 amide bonds. The molecule has 0 radical (unpaired) electrons. The highest BCUT2D eigenvalue weighted by Gasteiger charge is 2.24. The van der Waals surface area contributed by atoms with Gasteiger partial charge in [-0.3, -0.25) is 0 Å². The Bertz CT molecular complexity index is 497. The molecule has 0 bridgehead atoms. The van der Waals surface area contributed by atoms with E-state index in [9.17, 15) is 0 Å². The molecule has 5 heteroatoms. The van der Waals surface area contributed by atoms with Crippen LogP contribution in [0, 0.1) is 6.92 Å². The van der Waals surface area contributed by atoms with E-state index in [1.807, 2.05) is 13.0 Å². The zero-order valence-corrected chi connectivity index (χ0v) is 9.77. The molecule has 1 aliphatic heterocycles. The van der Waals surface area contributed by atoms with E-state index in [2.05, 4.69) is 15.6 Å². The summed E-state index contributed by atoms with van der Waals surface area (Å²) in [6, 6.07) is 1.91. The van der Waals surface area contributed by atoms with Crippen LogP contribution in [0.4, 0.5) is 0 Å². The number of rotatable bonds is 2. The van der Waals surface area contributed by atoms with Gasteiger partial charge in [-0.15, -0.1) is 0 Å². The number of aromatic nitrogens is 2. The second-order valence-corrected chi connectivity index (χ2v) is 4.48. The summed E-state index contributed by atoms with van der Waals surface area (Å²) in [5.74, 6) is 2.03. The van der Waals surface area contributed by atoms with Crippen molar-refractivity contribution in [1.82, 2.24) is 15.6 Å². The summed E-state index contributed by atoms with van der Waals surface area (Å²) in [4.78, 5) is 0. The third-order valence-electron chi connectivity index (χ3n) is 3.16. The Morgan fingerprint density at radius 2 is 2.35 bits per heavy atom. The van der Waals surface area contributed by atoms with E-state index in [4.69, 9.17) is 9.05 Å². The van der Waals surface area contributed by atoms with Gasteiger partial charge in [-0.1, -0.05) is 10.3 Å². The van der Waals surface area contributed by atoms with Crippen LogP contribution in [0.3, 0.4) is 0 Å². The Labute approximate surface area is 99.2 Å². The van der Waals surface area contributed by atoms with Gasteiger partial charge in [-0.05, 0) is 26.3 Å². The number of nitrogens with one attached hydrogen (secondary N) is 1. The summed E-state index contributed by atoms with van der Waals surface area (Å²) < 4.78 is 10.7. The SMILES string of the molecule is Cc1cc(-c2cnoc2C2CCCNC2)on1. The number of aryl methyl sites for hydroxylation is 1. The lowest BCUT2D eigenvalue weighted by molar-refractivity contribution is 0.329. The lowest BCUT2D eigenvalue weighted by Gasteiger charge is -2.20. The summed E-state index contributed by atoms with van der Waals surface area (Å²) in [6.07, 6.45) is 4.01. The van der Waals surface area contributed by atoms with Crippen LogP contribution in [0.2, 0.25) is 0 Å². The average molecular weight is 233 g/mol. The number of hydrogen-bond acceptors (Lipinski definition) is 5. The predicted octanol–water partition coefficient (Wildman–Crippen LogP) is 2.11. The Kier molecular flexibility index (Phi) is 2.68. The van der Waals surface area contributed by atoms with Crippen molar-refractivity contribution in [1.29, 1.82) is 0 Å². The molecule has 2 aromatic heterocycles. The fourth-order valence-electron chi connectivity index (χ4n) is 2.29. The third kappa shape index (κ3) is 1.98. The molecule has 0 aromatic carbocycles. The third-order valence-corrected chi connectivity index (χ3v) is 3.16. The molecule has 1 fully saturated rings. The second-order valence-electron chi connectivity index (χ2n) is 4.48. The monoisotopic (exact) mass is 233 g/mol. The molecule has 3 heterocycles. The Morgan fingerprint density at radius 3 is 3.06 bits per heavy atom.